The summed E-state index contributed by atoms with van der Waals surface area (Å²) in [6, 6.07) is 6.19. The number of fused-ring (bicyclic) bond motifs is 1. The Balaban J connectivity index is 1.37. The molecule has 0 radical (unpaired) electrons. The molecule has 7 nitrogen and oxygen atoms in total. The zero-order valence-corrected chi connectivity index (χ0v) is 16.5. The number of aromatic nitrogens is 1. The van der Waals surface area contributed by atoms with E-state index in [1.165, 1.54) is 25.5 Å². The molecule has 0 unspecified atom stereocenters. The topological polar surface area (TPSA) is 68.0 Å². The Morgan fingerprint density at radius 2 is 2.14 bits per heavy atom. The third-order valence-electron chi connectivity index (χ3n) is 5.57. The maximum absolute atomic E-state index is 12.8. The first-order valence-electron chi connectivity index (χ1n) is 9.89. The number of rotatable bonds is 5. The lowest BCUT2D eigenvalue weighted by molar-refractivity contribution is 0.0368. The minimum Gasteiger partial charge on any atom is -0.493 e. The number of hydrogen-bond donors (Lipinski definition) is 0. The summed E-state index contributed by atoms with van der Waals surface area (Å²) in [4.78, 5) is 21.6. The summed E-state index contributed by atoms with van der Waals surface area (Å²) in [5.74, 6) is 1.59. The number of piperazine rings is 1. The number of oxazole rings is 1. The van der Waals surface area contributed by atoms with Crippen molar-refractivity contribution in [2.75, 3.05) is 33.3 Å². The number of piperidine rings is 1. The number of amides is 1. The number of hydrogen-bond acceptors (Lipinski definition) is 6. The zero-order valence-electron chi connectivity index (χ0n) is 16.5. The van der Waals surface area contributed by atoms with Gasteiger partial charge in [-0.25, -0.2) is 4.98 Å². The van der Waals surface area contributed by atoms with Gasteiger partial charge >= 0.3 is 0 Å². The number of nitrogens with zero attached hydrogens (tertiary/aromatic N) is 3. The third-order valence-corrected chi connectivity index (χ3v) is 5.57. The molecule has 0 saturated carbocycles. The van der Waals surface area contributed by atoms with Crippen LogP contribution in [0, 0.1) is 6.92 Å². The van der Waals surface area contributed by atoms with Crippen molar-refractivity contribution < 1.29 is 18.7 Å². The molecule has 4 rings (SSSR count). The van der Waals surface area contributed by atoms with Crippen molar-refractivity contribution in [3.8, 4) is 11.5 Å². The molecular weight excluding hydrogens is 358 g/mol. The molecule has 7 heteroatoms. The molecule has 0 spiro atoms. The quantitative estimate of drug-likeness (QED) is 0.788. The highest BCUT2D eigenvalue weighted by Crippen LogP contribution is 2.28. The van der Waals surface area contributed by atoms with Gasteiger partial charge in [0.15, 0.2) is 23.8 Å². The monoisotopic (exact) mass is 385 g/mol. The Morgan fingerprint density at radius 3 is 3.00 bits per heavy atom. The number of benzene rings is 1. The van der Waals surface area contributed by atoms with Crippen LogP contribution in [0.15, 0.2) is 28.9 Å². The van der Waals surface area contributed by atoms with E-state index < -0.39 is 0 Å². The second-order valence-electron chi connectivity index (χ2n) is 7.51. The molecule has 0 aliphatic carbocycles. The molecular formula is C21H27N3O4. The largest absolute Gasteiger partial charge is 0.493 e. The maximum Gasteiger partial charge on any atom is 0.275 e. The molecule has 1 aromatic heterocycles. The lowest BCUT2D eigenvalue weighted by Gasteiger charge is -2.43. The minimum absolute atomic E-state index is 0.0619. The van der Waals surface area contributed by atoms with Gasteiger partial charge in [-0.15, -0.1) is 0 Å². The summed E-state index contributed by atoms with van der Waals surface area (Å²) >= 11 is 0. The van der Waals surface area contributed by atoms with E-state index in [-0.39, 0.29) is 12.5 Å². The first-order chi connectivity index (χ1) is 13.6. The molecule has 0 bridgehead atoms. The Hall–Kier alpha value is -2.54. The Morgan fingerprint density at radius 1 is 1.25 bits per heavy atom. The predicted octanol–water partition coefficient (Wildman–Crippen LogP) is 2.88. The number of carbonyl (C=O) groups is 1. The van der Waals surface area contributed by atoms with Crippen molar-refractivity contribution in [2.45, 2.75) is 38.8 Å². The van der Waals surface area contributed by atoms with Crippen LogP contribution in [0.5, 0.6) is 11.5 Å². The molecule has 2 saturated heterocycles. The van der Waals surface area contributed by atoms with Crippen molar-refractivity contribution in [2.24, 2.45) is 0 Å². The van der Waals surface area contributed by atoms with E-state index in [9.17, 15) is 4.79 Å². The molecule has 3 heterocycles. The second kappa shape index (κ2) is 8.22. The second-order valence-corrected chi connectivity index (χ2v) is 7.51. The van der Waals surface area contributed by atoms with E-state index in [4.69, 9.17) is 13.9 Å². The van der Waals surface area contributed by atoms with Gasteiger partial charge in [0.1, 0.15) is 6.26 Å². The Kier molecular flexibility index (Phi) is 5.52. The van der Waals surface area contributed by atoms with Crippen molar-refractivity contribution in [1.82, 2.24) is 14.8 Å². The lowest BCUT2D eigenvalue weighted by Crippen LogP contribution is -2.56. The standard InChI is InChI=1S/C21H27N3O4/c1-15-6-7-18(19(11-15)26-2)27-14-20-22-17(13-28-20)21(25)24-10-9-23-8-4-3-5-16(23)12-24/h6-7,11,13,16H,3-5,8-10,12,14H2,1-2H3/t16-/m1/s1. The molecule has 2 aromatic rings. The van der Waals surface area contributed by atoms with E-state index in [2.05, 4.69) is 9.88 Å². The summed E-state index contributed by atoms with van der Waals surface area (Å²) in [5.41, 5.74) is 1.44. The van der Waals surface area contributed by atoms with Crippen LogP contribution in [0.2, 0.25) is 0 Å². The molecule has 2 aliphatic rings. The van der Waals surface area contributed by atoms with Gasteiger partial charge in [-0.1, -0.05) is 12.5 Å². The summed E-state index contributed by atoms with van der Waals surface area (Å²) < 4.78 is 16.6. The van der Waals surface area contributed by atoms with Gasteiger partial charge < -0.3 is 18.8 Å². The highest BCUT2D eigenvalue weighted by molar-refractivity contribution is 5.92. The van der Waals surface area contributed by atoms with E-state index in [0.29, 0.717) is 29.1 Å². The molecule has 2 fully saturated rings. The van der Waals surface area contributed by atoms with Crippen LogP contribution < -0.4 is 9.47 Å². The van der Waals surface area contributed by atoms with E-state index >= 15 is 0 Å². The van der Waals surface area contributed by atoms with Crippen LogP contribution in [0.1, 0.15) is 41.2 Å². The first kappa shape index (κ1) is 18.8. The van der Waals surface area contributed by atoms with Crippen LogP contribution in [-0.2, 0) is 6.61 Å². The molecule has 1 amide bonds. The fourth-order valence-electron chi connectivity index (χ4n) is 4.01. The predicted molar refractivity (Wildman–Crippen MR) is 104 cm³/mol. The average Bonchev–Trinajstić information content (AvgIpc) is 3.21. The van der Waals surface area contributed by atoms with Gasteiger partial charge in [-0.05, 0) is 44.0 Å². The van der Waals surface area contributed by atoms with Crippen LogP contribution in [0.3, 0.4) is 0 Å². The highest BCUT2D eigenvalue weighted by Gasteiger charge is 2.32. The summed E-state index contributed by atoms with van der Waals surface area (Å²) in [7, 11) is 1.61. The highest BCUT2D eigenvalue weighted by atomic mass is 16.5. The van der Waals surface area contributed by atoms with Gasteiger partial charge in [0, 0.05) is 25.7 Å². The Labute approximate surface area is 165 Å². The minimum atomic E-state index is -0.0619. The van der Waals surface area contributed by atoms with Crippen LogP contribution in [0.25, 0.3) is 0 Å². The fourth-order valence-corrected chi connectivity index (χ4v) is 4.01. The van der Waals surface area contributed by atoms with Crippen LogP contribution >= 0.6 is 0 Å². The zero-order chi connectivity index (χ0) is 19.5. The van der Waals surface area contributed by atoms with Crippen molar-refractivity contribution in [3.05, 3.63) is 41.6 Å². The summed E-state index contributed by atoms with van der Waals surface area (Å²) in [6.07, 6.45) is 5.11. The van der Waals surface area contributed by atoms with E-state index in [1.54, 1.807) is 7.11 Å². The molecule has 150 valence electrons. The van der Waals surface area contributed by atoms with Gasteiger partial charge in [-0.2, -0.15) is 0 Å². The summed E-state index contributed by atoms with van der Waals surface area (Å²) in [5, 5.41) is 0. The fraction of sp³-hybridized carbons (Fsp3) is 0.524. The first-order valence-corrected chi connectivity index (χ1v) is 9.89. The number of ether oxygens (including phenoxy) is 2. The van der Waals surface area contributed by atoms with Crippen molar-refractivity contribution in [1.29, 1.82) is 0 Å². The molecule has 1 aromatic carbocycles. The Bertz CT molecular complexity index is 835. The van der Waals surface area contributed by atoms with Crippen molar-refractivity contribution in [3.63, 3.8) is 0 Å². The maximum atomic E-state index is 12.8. The number of carbonyl (C=O) groups excluding carboxylic acids is 1. The lowest BCUT2D eigenvalue weighted by atomic mass is 9.99. The van der Waals surface area contributed by atoms with Gasteiger partial charge in [0.05, 0.1) is 7.11 Å². The SMILES string of the molecule is COc1cc(C)ccc1OCc1nc(C(=O)N2CCN3CCCC[C@@H]3C2)co1. The smallest absolute Gasteiger partial charge is 0.275 e. The van der Waals surface area contributed by atoms with E-state index in [0.717, 1.165) is 31.7 Å². The van der Waals surface area contributed by atoms with Gasteiger partial charge in [0.25, 0.3) is 5.91 Å². The molecule has 28 heavy (non-hydrogen) atoms. The van der Waals surface area contributed by atoms with E-state index in [1.807, 2.05) is 30.0 Å². The normalized spacial score (nSPS) is 19.9. The third kappa shape index (κ3) is 3.99. The van der Waals surface area contributed by atoms with Crippen LogP contribution in [0.4, 0.5) is 0 Å². The molecule has 0 N–H and O–H groups in total. The number of aryl methyl sites for hydroxylation is 1. The van der Waals surface area contributed by atoms with Crippen molar-refractivity contribution >= 4 is 5.91 Å². The van der Waals surface area contributed by atoms with Gasteiger partial charge in [-0.3, -0.25) is 9.69 Å². The average molecular weight is 385 g/mol. The number of methoxy groups -OCH3 is 1. The summed E-state index contributed by atoms with van der Waals surface area (Å²) in [6.45, 7) is 5.75. The molecule has 1 atom stereocenters. The van der Waals surface area contributed by atoms with Crippen LogP contribution in [-0.4, -0.2) is 60.0 Å². The molecule has 2 aliphatic heterocycles. The van der Waals surface area contributed by atoms with Gasteiger partial charge in [0.2, 0.25) is 5.89 Å².